The van der Waals surface area contributed by atoms with Gasteiger partial charge in [-0.2, -0.15) is 0 Å². The lowest BCUT2D eigenvalue weighted by Crippen LogP contribution is -2.51. The number of rotatable bonds is 4. The lowest BCUT2D eigenvalue weighted by Gasteiger charge is -2.38. The number of ether oxygens (including phenoxy) is 1. The van der Waals surface area contributed by atoms with E-state index in [0.717, 1.165) is 41.3 Å². The highest BCUT2D eigenvalue weighted by Gasteiger charge is 2.69. The van der Waals surface area contributed by atoms with E-state index in [2.05, 4.69) is 23.1 Å². The number of nitrogens with zero attached hydrogens (tertiary/aromatic N) is 1. The van der Waals surface area contributed by atoms with Crippen LogP contribution in [0.5, 0.6) is 11.5 Å². The number of carbonyl (C=O) groups excluding carboxylic acids is 2. The third-order valence-corrected chi connectivity index (χ3v) is 8.81. The number of fused-ring (bicyclic) bond motifs is 3. The Balaban J connectivity index is 1.52. The molecule has 2 saturated heterocycles. The van der Waals surface area contributed by atoms with Crippen molar-refractivity contribution in [2.75, 3.05) is 13.7 Å². The van der Waals surface area contributed by atoms with Crippen LogP contribution in [0.2, 0.25) is 0 Å². The number of Topliss-reactive ketones (excluding diaryl/α,β-unsaturated/α-hetero) is 2. The minimum absolute atomic E-state index is 0.0190. The van der Waals surface area contributed by atoms with Crippen LogP contribution in [0.3, 0.4) is 0 Å². The molecule has 4 atom stereocenters. The predicted molar refractivity (Wildman–Crippen MR) is 141 cm³/mol. The maximum Gasteiger partial charge on any atom is 0.189 e. The van der Waals surface area contributed by atoms with Gasteiger partial charge in [0.25, 0.3) is 0 Å². The summed E-state index contributed by atoms with van der Waals surface area (Å²) in [6, 6.07) is 27.0. The Bertz CT molecular complexity index is 1570. The topological polar surface area (TPSA) is 66.8 Å². The summed E-state index contributed by atoms with van der Waals surface area (Å²) < 4.78 is 5.34. The molecule has 1 N–H and O–H groups in total. The Labute approximate surface area is 215 Å². The third kappa shape index (κ3) is 2.83. The van der Waals surface area contributed by atoms with Crippen LogP contribution in [0, 0.1) is 5.92 Å². The van der Waals surface area contributed by atoms with Crippen LogP contribution in [0.4, 0.5) is 0 Å². The van der Waals surface area contributed by atoms with Crippen molar-refractivity contribution in [2.45, 2.75) is 30.3 Å². The molecule has 0 aromatic heterocycles. The zero-order chi connectivity index (χ0) is 25.3. The summed E-state index contributed by atoms with van der Waals surface area (Å²) in [6.07, 6.45) is 1.92. The lowest BCUT2D eigenvalue weighted by molar-refractivity contribution is 0.0519. The number of phenols is 1. The normalized spacial score (nSPS) is 26.2. The Kier molecular flexibility index (Phi) is 4.82. The molecule has 184 valence electrons. The van der Waals surface area contributed by atoms with Crippen LogP contribution in [0.1, 0.15) is 50.6 Å². The van der Waals surface area contributed by atoms with Crippen LogP contribution in [-0.2, 0) is 5.54 Å². The fraction of sp³-hybridized carbons (Fsp3) is 0.250. The first-order valence-electron chi connectivity index (χ1n) is 12.9. The largest absolute Gasteiger partial charge is 0.504 e. The molecule has 4 aromatic rings. The van der Waals surface area contributed by atoms with E-state index in [1.807, 2.05) is 48.5 Å². The zero-order valence-corrected chi connectivity index (χ0v) is 20.6. The number of hydrogen-bond acceptors (Lipinski definition) is 5. The van der Waals surface area contributed by atoms with Crippen molar-refractivity contribution in [3.63, 3.8) is 0 Å². The molecule has 4 aromatic carbocycles. The number of aromatic hydroxyl groups is 1. The van der Waals surface area contributed by atoms with Gasteiger partial charge in [-0.15, -0.1) is 0 Å². The van der Waals surface area contributed by atoms with Gasteiger partial charge in [-0.25, -0.2) is 0 Å². The zero-order valence-electron chi connectivity index (χ0n) is 20.6. The SMILES string of the molecule is COc1cc(C(=O)C2C(c3ccccc3)C3CCCN3C23C(=O)c2cccc4cccc3c24)ccc1O. The molecule has 2 heterocycles. The Hall–Kier alpha value is -3.96. The summed E-state index contributed by atoms with van der Waals surface area (Å²) in [5.41, 5.74) is 2.09. The minimum Gasteiger partial charge on any atom is -0.504 e. The van der Waals surface area contributed by atoms with Gasteiger partial charge < -0.3 is 9.84 Å². The van der Waals surface area contributed by atoms with Crippen molar-refractivity contribution >= 4 is 22.3 Å². The molecule has 37 heavy (non-hydrogen) atoms. The van der Waals surface area contributed by atoms with Gasteiger partial charge in [0.05, 0.1) is 13.0 Å². The van der Waals surface area contributed by atoms with Crippen molar-refractivity contribution in [1.82, 2.24) is 4.90 Å². The minimum atomic E-state index is -1.08. The summed E-state index contributed by atoms with van der Waals surface area (Å²) in [7, 11) is 1.47. The van der Waals surface area contributed by atoms with Gasteiger partial charge in [-0.1, -0.05) is 66.7 Å². The standard InChI is InChI=1S/C32H27NO4/c1-37-26-18-21(15-16-25(26)34)30(35)29-28(20-8-3-2-4-9-20)24-14-7-17-33(24)32(29)23-13-6-11-19-10-5-12-22(27(19)23)31(32)36/h2-6,8-13,15-16,18,24,28-29,34H,7,14,17H2,1H3. The van der Waals surface area contributed by atoms with Crippen LogP contribution in [0.15, 0.2) is 84.9 Å². The van der Waals surface area contributed by atoms with Gasteiger partial charge in [0.1, 0.15) is 5.54 Å². The molecule has 2 fully saturated rings. The van der Waals surface area contributed by atoms with Crippen molar-refractivity contribution in [1.29, 1.82) is 0 Å². The van der Waals surface area contributed by atoms with Crippen molar-refractivity contribution in [2.24, 2.45) is 5.92 Å². The number of hydrogen-bond donors (Lipinski definition) is 1. The van der Waals surface area contributed by atoms with E-state index in [0.29, 0.717) is 11.1 Å². The number of phenolic OH excluding ortho intramolecular Hbond substituents is 1. The second-order valence-electron chi connectivity index (χ2n) is 10.4. The van der Waals surface area contributed by atoms with Crippen LogP contribution >= 0.6 is 0 Å². The predicted octanol–water partition coefficient (Wildman–Crippen LogP) is 5.71. The average Bonchev–Trinajstić information content (AvgIpc) is 3.59. The maximum absolute atomic E-state index is 14.7. The molecule has 2 aliphatic heterocycles. The maximum atomic E-state index is 14.7. The highest BCUT2D eigenvalue weighted by molar-refractivity contribution is 6.22. The second-order valence-corrected chi connectivity index (χ2v) is 10.4. The molecule has 0 bridgehead atoms. The first-order valence-corrected chi connectivity index (χ1v) is 12.9. The molecule has 0 radical (unpaired) electrons. The smallest absolute Gasteiger partial charge is 0.189 e. The van der Waals surface area contributed by atoms with E-state index in [1.165, 1.54) is 13.2 Å². The van der Waals surface area contributed by atoms with Crippen molar-refractivity contribution < 1.29 is 19.4 Å². The Morgan fingerprint density at radius 1 is 1.00 bits per heavy atom. The van der Waals surface area contributed by atoms with Gasteiger partial charge in [0.2, 0.25) is 0 Å². The molecule has 1 aliphatic carbocycles. The van der Waals surface area contributed by atoms with E-state index in [-0.39, 0.29) is 35.0 Å². The molecular formula is C32H27NO4. The summed E-state index contributed by atoms with van der Waals surface area (Å²) >= 11 is 0. The molecule has 5 nitrogen and oxygen atoms in total. The van der Waals surface area contributed by atoms with E-state index >= 15 is 0 Å². The van der Waals surface area contributed by atoms with Gasteiger partial charge in [0, 0.05) is 23.1 Å². The molecule has 1 spiro atoms. The quantitative estimate of drug-likeness (QED) is 0.372. The molecule has 0 saturated carbocycles. The van der Waals surface area contributed by atoms with Gasteiger partial charge in [-0.05, 0) is 59.5 Å². The monoisotopic (exact) mass is 489 g/mol. The highest BCUT2D eigenvalue weighted by atomic mass is 16.5. The fourth-order valence-electron chi connectivity index (χ4n) is 7.49. The van der Waals surface area contributed by atoms with Gasteiger partial charge in [-0.3, -0.25) is 14.5 Å². The molecule has 3 aliphatic rings. The summed E-state index contributed by atoms with van der Waals surface area (Å²) in [5.74, 6) is -0.620. The molecule has 4 unspecified atom stereocenters. The highest BCUT2D eigenvalue weighted by Crippen LogP contribution is 2.62. The molecule has 7 rings (SSSR count). The van der Waals surface area contributed by atoms with Crippen LogP contribution < -0.4 is 4.74 Å². The lowest BCUT2D eigenvalue weighted by atomic mass is 9.68. The van der Waals surface area contributed by atoms with E-state index in [4.69, 9.17) is 4.74 Å². The van der Waals surface area contributed by atoms with Gasteiger partial charge >= 0.3 is 0 Å². The van der Waals surface area contributed by atoms with Crippen molar-refractivity contribution in [3.8, 4) is 11.5 Å². The van der Waals surface area contributed by atoms with Gasteiger partial charge in [0.15, 0.2) is 23.1 Å². The second kappa shape index (κ2) is 8.02. The van der Waals surface area contributed by atoms with Crippen LogP contribution in [-0.4, -0.2) is 41.3 Å². The molecule has 0 amide bonds. The summed E-state index contributed by atoms with van der Waals surface area (Å²) in [5, 5.41) is 12.2. The van der Waals surface area contributed by atoms with Crippen LogP contribution in [0.25, 0.3) is 10.8 Å². The third-order valence-electron chi connectivity index (χ3n) is 8.81. The van der Waals surface area contributed by atoms with E-state index in [9.17, 15) is 14.7 Å². The molecule has 5 heteroatoms. The average molecular weight is 490 g/mol. The number of ketones is 2. The Morgan fingerprint density at radius 2 is 1.78 bits per heavy atom. The fourth-order valence-corrected chi connectivity index (χ4v) is 7.49. The first kappa shape index (κ1) is 22.3. The number of methoxy groups -OCH3 is 1. The first-order chi connectivity index (χ1) is 18.1. The molecular weight excluding hydrogens is 462 g/mol. The summed E-state index contributed by atoms with van der Waals surface area (Å²) in [4.78, 5) is 31.7. The van der Waals surface area contributed by atoms with E-state index in [1.54, 1.807) is 12.1 Å². The number of benzene rings is 4. The summed E-state index contributed by atoms with van der Waals surface area (Å²) in [6.45, 7) is 0.771. The number of carbonyl (C=O) groups is 2. The van der Waals surface area contributed by atoms with E-state index < -0.39 is 11.5 Å². The van der Waals surface area contributed by atoms with Crippen molar-refractivity contribution in [3.05, 3.63) is 107 Å². The Morgan fingerprint density at radius 3 is 2.57 bits per heavy atom.